The highest BCUT2D eigenvalue weighted by atomic mass is 32.1. The van der Waals surface area contributed by atoms with Crippen molar-refractivity contribution >= 4 is 40.2 Å². The van der Waals surface area contributed by atoms with Crippen LogP contribution >= 0.6 is 11.3 Å². The molecule has 0 aliphatic rings. The molecule has 9 nitrogen and oxygen atoms in total. The summed E-state index contributed by atoms with van der Waals surface area (Å²) >= 11 is 0.997. The Balaban J connectivity index is 2.25. The predicted molar refractivity (Wildman–Crippen MR) is 120 cm³/mol. The van der Waals surface area contributed by atoms with Gasteiger partial charge in [-0.25, -0.2) is 4.79 Å². The summed E-state index contributed by atoms with van der Waals surface area (Å²) in [4.78, 5) is 37.3. The molecule has 0 aliphatic carbocycles. The number of methoxy groups -OCH3 is 1. The Morgan fingerprint density at radius 2 is 2.00 bits per heavy atom. The first-order valence-corrected chi connectivity index (χ1v) is 10.4. The zero-order valence-corrected chi connectivity index (χ0v) is 18.9. The molecule has 0 radical (unpaired) electrons. The van der Waals surface area contributed by atoms with E-state index in [0.717, 1.165) is 11.3 Å². The monoisotopic (exact) mass is 457 g/mol. The van der Waals surface area contributed by atoms with Crippen LogP contribution in [0.15, 0.2) is 24.3 Å². The molecule has 0 saturated carbocycles. The number of nitrogens with one attached hydrogen (secondary N) is 2. The Morgan fingerprint density at radius 1 is 1.25 bits per heavy atom. The lowest BCUT2D eigenvalue weighted by atomic mass is 10.1. The van der Waals surface area contributed by atoms with Gasteiger partial charge in [0, 0.05) is 13.1 Å². The first kappa shape index (κ1) is 24.4. The standard InChI is InChI=1S/C22H23N3O6S/c1-5-30-22(28)18-13(2)19(20(27)24-3)32-21(18)25-17(26)9-7-14-6-8-15(31-11-10-23)16(12-14)29-4/h6-9,12H,5,11H2,1-4H3,(H,24,27)(H,25,26)/b9-7+. The van der Waals surface area contributed by atoms with Crippen LogP contribution in [0.25, 0.3) is 6.08 Å². The molecule has 2 amide bonds. The molecule has 0 spiro atoms. The van der Waals surface area contributed by atoms with E-state index in [9.17, 15) is 14.4 Å². The normalized spacial score (nSPS) is 10.3. The number of nitrogens with zero attached hydrogens (tertiary/aromatic N) is 1. The Morgan fingerprint density at radius 3 is 2.62 bits per heavy atom. The van der Waals surface area contributed by atoms with E-state index in [-0.39, 0.29) is 29.7 Å². The van der Waals surface area contributed by atoms with Gasteiger partial charge in [0.2, 0.25) is 5.91 Å². The van der Waals surface area contributed by atoms with Crippen LogP contribution in [-0.2, 0) is 9.53 Å². The number of carbonyl (C=O) groups excluding carboxylic acids is 3. The molecule has 2 aromatic rings. The molecular formula is C22H23N3O6S. The van der Waals surface area contributed by atoms with E-state index in [1.165, 1.54) is 20.2 Å². The zero-order chi connectivity index (χ0) is 23.7. The molecule has 10 heteroatoms. The van der Waals surface area contributed by atoms with Gasteiger partial charge in [-0.2, -0.15) is 5.26 Å². The lowest BCUT2D eigenvalue weighted by Gasteiger charge is -2.08. The molecule has 0 fully saturated rings. The van der Waals surface area contributed by atoms with Crippen molar-refractivity contribution in [1.29, 1.82) is 5.26 Å². The highest BCUT2D eigenvalue weighted by Gasteiger charge is 2.25. The van der Waals surface area contributed by atoms with Gasteiger partial charge in [-0.3, -0.25) is 9.59 Å². The average molecular weight is 458 g/mol. The van der Waals surface area contributed by atoms with Crippen molar-refractivity contribution in [3.63, 3.8) is 0 Å². The smallest absolute Gasteiger partial charge is 0.341 e. The Kier molecular flexibility index (Phi) is 8.80. The van der Waals surface area contributed by atoms with E-state index >= 15 is 0 Å². The fourth-order valence-corrected chi connectivity index (χ4v) is 3.87. The number of thiophene rings is 1. The van der Waals surface area contributed by atoms with Crippen molar-refractivity contribution in [1.82, 2.24) is 5.32 Å². The summed E-state index contributed by atoms with van der Waals surface area (Å²) in [6.45, 7) is 3.34. The van der Waals surface area contributed by atoms with Gasteiger partial charge in [-0.05, 0) is 43.2 Å². The predicted octanol–water partition coefficient (Wildman–Crippen LogP) is 3.16. The number of carbonyl (C=O) groups is 3. The van der Waals surface area contributed by atoms with Crippen LogP contribution in [0.3, 0.4) is 0 Å². The second-order valence-corrected chi connectivity index (χ2v) is 7.26. The molecule has 1 heterocycles. The Bertz CT molecular complexity index is 1080. The third-order valence-electron chi connectivity index (χ3n) is 4.20. The minimum Gasteiger partial charge on any atom is -0.493 e. The molecule has 0 bridgehead atoms. The summed E-state index contributed by atoms with van der Waals surface area (Å²) in [6.07, 6.45) is 2.84. The molecule has 0 aliphatic heterocycles. The van der Waals surface area contributed by atoms with Crippen molar-refractivity contribution in [2.75, 3.05) is 32.7 Å². The van der Waals surface area contributed by atoms with Crippen LogP contribution in [0.1, 0.15) is 38.1 Å². The summed E-state index contributed by atoms with van der Waals surface area (Å²) in [5.41, 5.74) is 1.24. The van der Waals surface area contributed by atoms with Crippen molar-refractivity contribution in [3.8, 4) is 17.6 Å². The van der Waals surface area contributed by atoms with Gasteiger partial charge in [0.05, 0.1) is 24.2 Å². The van der Waals surface area contributed by atoms with Crippen LogP contribution < -0.4 is 20.1 Å². The zero-order valence-electron chi connectivity index (χ0n) is 18.1. The number of anilines is 1. The molecule has 168 valence electrons. The Hall–Kier alpha value is -3.84. The first-order chi connectivity index (χ1) is 15.4. The fraction of sp³-hybridized carbons (Fsp3) is 0.273. The third kappa shape index (κ3) is 5.86. The number of ether oxygens (including phenoxy) is 3. The van der Waals surface area contributed by atoms with Crippen LogP contribution in [0, 0.1) is 18.3 Å². The van der Waals surface area contributed by atoms with Gasteiger partial charge in [0.15, 0.2) is 18.1 Å². The van der Waals surface area contributed by atoms with Gasteiger partial charge in [0.25, 0.3) is 5.91 Å². The number of hydrogen-bond donors (Lipinski definition) is 2. The number of rotatable bonds is 9. The maximum absolute atomic E-state index is 12.5. The molecule has 2 rings (SSSR count). The van der Waals surface area contributed by atoms with E-state index in [2.05, 4.69) is 10.6 Å². The van der Waals surface area contributed by atoms with Crippen molar-refractivity contribution in [2.24, 2.45) is 0 Å². The largest absolute Gasteiger partial charge is 0.493 e. The van der Waals surface area contributed by atoms with Crippen molar-refractivity contribution in [3.05, 3.63) is 45.8 Å². The van der Waals surface area contributed by atoms with Gasteiger partial charge in [-0.15, -0.1) is 11.3 Å². The first-order valence-electron chi connectivity index (χ1n) is 9.55. The maximum atomic E-state index is 12.5. The van der Waals surface area contributed by atoms with Gasteiger partial charge in [-0.1, -0.05) is 6.07 Å². The molecule has 0 atom stereocenters. The van der Waals surface area contributed by atoms with E-state index < -0.39 is 11.9 Å². The molecule has 32 heavy (non-hydrogen) atoms. The number of esters is 1. The topological polar surface area (TPSA) is 127 Å². The van der Waals surface area contributed by atoms with Gasteiger partial charge >= 0.3 is 5.97 Å². The fourth-order valence-electron chi connectivity index (χ4n) is 2.72. The molecule has 1 aromatic heterocycles. The lowest BCUT2D eigenvalue weighted by Crippen LogP contribution is -2.17. The van der Waals surface area contributed by atoms with Gasteiger partial charge < -0.3 is 24.8 Å². The van der Waals surface area contributed by atoms with Crippen LogP contribution in [0.2, 0.25) is 0 Å². The number of hydrogen-bond acceptors (Lipinski definition) is 8. The molecule has 0 saturated heterocycles. The Labute approximate surface area is 189 Å². The van der Waals surface area contributed by atoms with Crippen LogP contribution in [-0.4, -0.2) is 45.2 Å². The van der Waals surface area contributed by atoms with Crippen molar-refractivity contribution in [2.45, 2.75) is 13.8 Å². The van der Waals surface area contributed by atoms with E-state index in [1.807, 2.05) is 6.07 Å². The molecule has 1 aromatic carbocycles. The lowest BCUT2D eigenvalue weighted by molar-refractivity contribution is -0.111. The van der Waals surface area contributed by atoms with Gasteiger partial charge in [0.1, 0.15) is 11.1 Å². The van der Waals surface area contributed by atoms with Crippen LogP contribution in [0.4, 0.5) is 5.00 Å². The summed E-state index contributed by atoms with van der Waals surface area (Å²) in [5.74, 6) is -0.653. The number of benzene rings is 1. The summed E-state index contributed by atoms with van der Waals surface area (Å²) in [5, 5.41) is 14.0. The summed E-state index contributed by atoms with van der Waals surface area (Å²) < 4.78 is 15.6. The molecule has 2 N–H and O–H groups in total. The van der Waals surface area contributed by atoms with Crippen molar-refractivity contribution < 1.29 is 28.6 Å². The van der Waals surface area contributed by atoms with E-state index in [0.29, 0.717) is 27.5 Å². The minimum absolute atomic E-state index is 0.116. The van der Waals surface area contributed by atoms with E-state index in [1.54, 1.807) is 38.1 Å². The second-order valence-electron chi connectivity index (χ2n) is 6.24. The molecule has 0 unspecified atom stereocenters. The quantitative estimate of drug-likeness (QED) is 0.437. The highest BCUT2D eigenvalue weighted by molar-refractivity contribution is 7.18. The average Bonchev–Trinajstić information content (AvgIpc) is 3.11. The van der Waals surface area contributed by atoms with E-state index in [4.69, 9.17) is 19.5 Å². The summed E-state index contributed by atoms with van der Waals surface area (Å²) in [7, 11) is 2.95. The second kappa shape index (κ2) is 11.5. The molecular weight excluding hydrogens is 434 g/mol. The van der Waals surface area contributed by atoms with Crippen LogP contribution in [0.5, 0.6) is 11.5 Å². The maximum Gasteiger partial charge on any atom is 0.341 e. The third-order valence-corrected chi connectivity index (χ3v) is 5.41. The number of amides is 2. The SMILES string of the molecule is CCOC(=O)c1c(NC(=O)/C=C/c2ccc(OCC#N)c(OC)c2)sc(C(=O)NC)c1C. The highest BCUT2D eigenvalue weighted by Crippen LogP contribution is 2.34. The minimum atomic E-state index is -0.617. The number of nitriles is 1. The summed E-state index contributed by atoms with van der Waals surface area (Å²) in [6, 6.07) is 6.86.